The monoisotopic (exact) mass is 382 g/mol. The van der Waals surface area contributed by atoms with Crippen molar-refractivity contribution in [1.29, 1.82) is 0 Å². The molecule has 0 spiro atoms. The van der Waals surface area contributed by atoms with Gasteiger partial charge in [0.1, 0.15) is 6.04 Å². The first kappa shape index (κ1) is 18.7. The maximum absolute atomic E-state index is 12.7. The summed E-state index contributed by atoms with van der Waals surface area (Å²) in [7, 11) is 0. The highest BCUT2D eigenvalue weighted by molar-refractivity contribution is 6.34. The highest BCUT2D eigenvalue weighted by Crippen LogP contribution is 2.29. The molecule has 1 atom stereocenters. The van der Waals surface area contributed by atoms with Gasteiger partial charge in [0.15, 0.2) is 0 Å². The zero-order valence-corrected chi connectivity index (χ0v) is 15.4. The summed E-state index contributed by atoms with van der Waals surface area (Å²) >= 11 is 6.19. The zero-order chi connectivity index (χ0) is 19.2. The number of para-hydroxylation sites is 1. The lowest BCUT2D eigenvalue weighted by molar-refractivity contribution is -0.118. The van der Waals surface area contributed by atoms with Gasteiger partial charge in [0, 0.05) is 25.5 Å². The second-order valence-corrected chi connectivity index (χ2v) is 6.56. The molecule has 0 bridgehead atoms. The van der Waals surface area contributed by atoms with Gasteiger partial charge >= 0.3 is 6.03 Å². The molecule has 1 fully saturated rings. The predicted octanol–water partition coefficient (Wildman–Crippen LogP) is 2.69. The van der Waals surface area contributed by atoms with Crippen molar-refractivity contribution in [3.05, 3.63) is 59.4 Å². The SMILES string of the molecule is C#CCN(Cc1cccnc1)C(=O)N[C@@H]1CCN(c2ccccc2Cl)C1=O. The van der Waals surface area contributed by atoms with Crippen LogP contribution < -0.4 is 10.2 Å². The van der Waals surface area contributed by atoms with Crippen LogP contribution in [0.15, 0.2) is 48.8 Å². The highest BCUT2D eigenvalue weighted by Gasteiger charge is 2.35. The normalized spacial score (nSPS) is 16.1. The van der Waals surface area contributed by atoms with E-state index in [0.29, 0.717) is 30.2 Å². The second-order valence-electron chi connectivity index (χ2n) is 6.15. The molecule has 0 radical (unpaired) electrons. The lowest BCUT2D eigenvalue weighted by Gasteiger charge is -2.23. The molecule has 0 saturated carbocycles. The Labute approximate surface area is 163 Å². The molecule has 1 N–H and O–H groups in total. The van der Waals surface area contributed by atoms with E-state index in [1.165, 1.54) is 4.90 Å². The molecule has 7 heteroatoms. The maximum atomic E-state index is 12.7. The smallest absolute Gasteiger partial charge is 0.319 e. The van der Waals surface area contributed by atoms with Crippen molar-refractivity contribution in [3.63, 3.8) is 0 Å². The first-order chi connectivity index (χ1) is 13.1. The van der Waals surface area contributed by atoms with Crippen molar-refractivity contribution in [2.75, 3.05) is 18.0 Å². The molecule has 3 rings (SSSR count). The maximum Gasteiger partial charge on any atom is 0.319 e. The third-order valence-corrected chi connectivity index (χ3v) is 4.63. The topological polar surface area (TPSA) is 65.5 Å². The number of terminal acetylenes is 1. The van der Waals surface area contributed by atoms with Crippen molar-refractivity contribution in [2.24, 2.45) is 0 Å². The minimum atomic E-state index is -0.608. The molecule has 1 saturated heterocycles. The van der Waals surface area contributed by atoms with E-state index in [1.54, 1.807) is 35.5 Å². The number of carbonyl (C=O) groups excluding carboxylic acids is 2. The molecule has 0 aliphatic carbocycles. The molecule has 3 amide bonds. The number of urea groups is 1. The number of benzene rings is 1. The van der Waals surface area contributed by atoms with E-state index in [2.05, 4.69) is 16.2 Å². The second kappa shape index (κ2) is 8.56. The van der Waals surface area contributed by atoms with Crippen LogP contribution in [0.2, 0.25) is 5.02 Å². The molecule has 2 heterocycles. The number of hydrogen-bond acceptors (Lipinski definition) is 3. The first-order valence-corrected chi connectivity index (χ1v) is 8.91. The first-order valence-electron chi connectivity index (χ1n) is 8.54. The van der Waals surface area contributed by atoms with E-state index in [9.17, 15) is 9.59 Å². The fourth-order valence-electron chi connectivity index (χ4n) is 2.99. The Balaban J connectivity index is 1.67. The molecule has 0 unspecified atom stereocenters. The number of amides is 3. The van der Waals surface area contributed by atoms with Crippen LogP contribution in [-0.4, -0.2) is 41.0 Å². The van der Waals surface area contributed by atoms with Crippen molar-refractivity contribution in [3.8, 4) is 12.3 Å². The number of halogens is 1. The van der Waals surface area contributed by atoms with E-state index < -0.39 is 6.04 Å². The Morgan fingerprint density at radius 3 is 2.89 bits per heavy atom. The van der Waals surface area contributed by atoms with Crippen molar-refractivity contribution < 1.29 is 9.59 Å². The lowest BCUT2D eigenvalue weighted by Crippen LogP contribution is -2.47. The van der Waals surface area contributed by atoms with Gasteiger partial charge in [0.2, 0.25) is 5.91 Å². The molecule has 1 aromatic carbocycles. The average molecular weight is 383 g/mol. The summed E-state index contributed by atoms with van der Waals surface area (Å²) in [6.07, 6.45) is 9.24. The van der Waals surface area contributed by atoms with Gasteiger partial charge in [-0.3, -0.25) is 9.78 Å². The Morgan fingerprint density at radius 2 is 2.19 bits per heavy atom. The third kappa shape index (κ3) is 4.39. The molecule has 138 valence electrons. The quantitative estimate of drug-likeness (QED) is 0.808. The van der Waals surface area contributed by atoms with Crippen LogP contribution in [0.4, 0.5) is 10.5 Å². The van der Waals surface area contributed by atoms with Crippen LogP contribution in [0.1, 0.15) is 12.0 Å². The van der Waals surface area contributed by atoms with E-state index in [-0.39, 0.29) is 18.5 Å². The molecule has 1 aliphatic rings. The molecule has 1 aromatic heterocycles. The minimum Gasteiger partial charge on any atom is -0.326 e. The fraction of sp³-hybridized carbons (Fsp3) is 0.250. The van der Waals surface area contributed by atoms with Gasteiger partial charge < -0.3 is 15.1 Å². The van der Waals surface area contributed by atoms with Gasteiger partial charge in [-0.1, -0.05) is 35.7 Å². The Morgan fingerprint density at radius 1 is 1.37 bits per heavy atom. The largest absolute Gasteiger partial charge is 0.326 e. The molecule has 1 aliphatic heterocycles. The summed E-state index contributed by atoms with van der Waals surface area (Å²) < 4.78 is 0. The number of pyridine rings is 1. The minimum absolute atomic E-state index is 0.135. The van der Waals surface area contributed by atoms with Crippen molar-refractivity contribution in [1.82, 2.24) is 15.2 Å². The number of nitrogens with zero attached hydrogens (tertiary/aromatic N) is 3. The van der Waals surface area contributed by atoms with Crippen LogP contribution in [0, 0.1) is 12.3 Å². The van der Waals surface area contributed by atoms with Crippen LogP contribution >= 0.6 is 11.6 Å². The van der Waals surface area contributed by atoms with E-state index in [4.69, 9.17) is 18.0 Å². The third-order valence-electron chi connectivity index (χ3n) is 4.31. The van der Waals surface area contributed by atoms with Gasteiger partial charge in [-0.15, -0.1) is 6.42 Å². The number of carbonyl (C=O) groups is 2. The summed E-state index contributed by atoms with van der Waals surface area (Å²) in [5.41, 5.74) is 1.51. The van der Waals surface area contributed by atoms with Gasteiger partial charge in [0.05, 0.1) is 17.3 Å². The fourth-order valence-corrected chi connectivity index (χ4v) is 3.22. The van der Waals surface area contributed by atoms with E-state index in [1.807, 2.05) is 18.2 Å². The zero-order valence-electron chi connectivity index (χ0n) is 14.6. The standard InChI is InChI=1S/C20H19ClN4O2/c1-2-11-24(14-15-6-5-10-22-13-15)20(27)23-17-9-12-25(19(17)26)18-8-4-3-7-16(18)21/h1,3-8,10,13,17H,9,11-12,14H2,(H,23,27)/t17-/m1/s1. The van der Waals surface area contributed by atoms with Crippen LogP contribution in [0.25, 0.3) is 0 Å². The van der Waals surface area contributed by atoms with Crippen LogP contribution in [0.5, 0.6) is 0 Å². The Kier molecular flexibility index (Phi) is 5.94. The predicted molar refractivity (Wildman–Crippen MR) is 104 cm³/mol. The van der Waals surface area contributed by atoms with Gasteiger partial charge in [-0.05, 0) is 30.2 Å². The van der Waals surface area contributed by atoms with E-state index >= 15 is 0 Å². The van der Waals surface area contributed by atoms with Crippen molar-refractivity contribution >= 4 is 29.2 Å². The summed E-state index contributed by atoms with van der Waals surface area (Å²) in [5.74, 6) is 2.30. The Bertz CT molecular complexity index is 866. The lowest BCUT2D eigenvalue weighted by atomic mass is 10.2. The average Bonchev–Trinajstić information content (AvgIpc) is 3.03. The molecule has 2 aromatic rings. The summed E-state index contributed by atoms with van der Waals surface area (Å²) in [4.78, 5) is 32.5. The Hall–Kier alpha value is -3.04. The summed E-state index contributed by atoms with van der Waals surface area (Å²) in [6, 6.07) is 9.83. The van der Waals surface area contributed by atoms with Gasteiger partial charge in [-0.2, -0.15) is 0 Å². The number of hydrogen-bond donors (Lipinski definition) is 1. The van der Waals surface area contributed by atoms with Crippen LogP contribution in [-0.2, 0) is 11.3 Å². The van der Waals surface area contributed by atoms with E-state index in [0.717, 1.165) is 5.56 Å². The highest BCUT2D eigenvalue weighted by atomic mass is 35.5. The number of aromatic nitrogens is 1. The molecular weight excluding hydrogens is 364 g/mol. The molecule has 27 heavy (non-hydrogen) atoms. The van der Waals surface area contributed by atoms with Gasteiger partial charge in [0.25, 0.3) is 0 Å². The van der Waals surface area contributed by atoms with Crippen LogP contribution in [0.3, 0.4) is 0 Å². The molecule has 6 nitrogen and oxygen atoms in total. The number of rotatable bonds is 5. The van der Waals surface area contributed by atoms with Gasteiger partial charge in [-0.25, -0.2) is 4.79 Å². The number of nitrogens with one attached hydrogen (secondary N) is 1. The number of anilines is 1. The van der Waals surface area contributed by atoms with Crippen molar-refractivity contribution in [2.45, 2.75) is 19.0 Å². The summed E-state index contributed by atoms with van der Waals surface area (Å²) in [5, 5.41) is 3.29. The molecular formula is C20H19ClN4O2. The summed E-state index contributed by atoms with van der Waals surface area (Å²) in [6.45, 7) is 0.945.